The third-order valence-corrected chi connectivity index (χ3v) is 5.42. The van der Waals surface area contributed by atoms with Crippen LogP contribution in [-0.4, -0.2) is 61.5 Å². The summed E-state index contributed by atoms with van der Waals surface area (Å²) >= 11 is 0. The van der Waals surface area contributed by atoms with Gasteiger partial charge in [-0.15, -0.1) is 0 Å². The molecule has 0 aliphatic carbocycles. The normalized spacial score (nSPS) is 26.4. The van der Waals surface area contributed by atoms with Crippen molar-refractivity contribution in [1.82, 2.24) is 4.90 Å². The van der Waals surface area contributed by atoms with Crippen molar-refractivity contribution >= 4 is 27.7 Å². The van der Waals surface area contributed by atoms with Gasteiger partial charge in [0.2, 0.25) is 9.84 Å². The second kappa shape index (κ2) is 5.21. The molecule has 10 heteroatoms. The van der Waals surface area contributed by atoms with Crippen LogP contribution >= 0.6 is 0 Å². The zero-order valence-corrected chi connectivity index (χ0v) is 12.5. The topological polar surface area (TPSA) is 127 Å². The van der Waals surface area contributed by atoms with E-state index in [-0.39, 0.29) is 5.57 Å². The zero-order chi connectivity index (χ0) is 16.8. The van der Waals surface area contributed by atoms with Crippen LogP contribution in [-0.2, 0) is 33.7 Å². The molecule has 2 atom stereocenters. The molecule has 0 aromatic heterocycles. The minimum Gasteiger partial charge on any atom is -0.477 e. The number of β-lactam (4-membered cyclic amide) rings is 1. The highest BCUT2D eigenvalue weighted by molar-refractivity contribution is 7.96. The van der Waals surface area contributed by atoms with Crippen LogP contribution in [0.1, 0.15) is 6.92 Å². The van der Waals surface area contributed by atoms with Crippen LogP contribution < -0.4 is 0 Å². The van der Waals surface area contributed by atoms with Crippen LogP contribution in [0, 0.1) is 0 Å². The van der Waals surface area contributed by atoms with Crippen LogP contribution in [0.2, 0.25) is 0 Å². The summed E-state index contributed by atoms with van der Waals surface area (Å²) in [7, 11) is -2.94. The molecule has 2 heterocycles. The van der Waals surface area contributed by atoms with Gasteiger partial charge in [-0.05, 0) is 0 Å². The van der Waals surface area contributed by atoms with Crippen molar-refractivity contribution in [2.45, 2.75) is 18.4 Å². The van der Waals surface area contributed by atoms with E-state index >= 15 is 0 Å². The number of nitrogens with zero attached hydrogens (tertiary/aromatic N) is 1. The molecule has 0 bridgehead atoms. The number of amides is 1. The average Bonchev–Trinajstić information content (AvgIpc) is 2.41. The number of carboxylic acids is 1. The number of carbonyl (C=O) groups excluding carboxylic acids is 2. The molecular formula is C12H13NO8S. The lowest BCUT2D eigenvalue weighted by Gasteiger charge is -2.48. The molecule has 0 spiro atoms. The van der Waals surface area contributed by atoms with Gasteiger partial charge in [0.05, 0.1) is 4.91 Å². The highest BCUT2D eigenvalue weighted by Gasteiger charge is 2.61. The quantitative estimate of drug-likeness (QED) is 0.514. The monoisotopic (exact) mass is 331 g/mol. The fraction of sp³-hybridized carbons (Fsp3) is 0.417. The standard InChI is InChI=1S/C12H13NO8S/c1-5-7(4-21-6(2)14)8(12(16)17)13-10(15)9(20-3)11(13)22(5,18)19/h9,11H,1,4H2,2-3H3,(H,16,17). The van der Waals surface area contributed by atoms with Crippen molar-refractivity contribution in [1.29, 1.82) is 0 Å². The van der Waals surface area contributed by atoms with Crippen LogP contribution in [0.5, 0.6) is 0 Å². The lowest BCUT2D eigenvalue weighted by Crippen LogP contribution is -2.70. The Bertz CT molecular complexity index is 719. The van der Waals surface area contributed by atoms with Gasteiger partial charge in [0, 0.05) is 19.6 Å². The van der Waals surface area contributed by atoms with Crippen LogP contribution in [0.15, 0.2) is 22.8 Å². The van der Waals surface area contributed by atoms with Gasteiger partial charge in [0.25, 0.3) is 5.91 Å². The first-order valence-electron chi connectivity index (χ1n) is 6.03. The second-order valence-electron chi connectivity index (χ2n) is 4.64. The van der Waals surface area contributed by atoms with Gasteiger partial charge in [0.15, 0.2) is 11.5 Å². The molecule has 0 aromatic carbocycles. The first-order valence-corrected chi connectivity index (χ1v) is 7.58. The summed E-state index contributed by atoms with van der Waals surface area (Å²) in [4.78, 5) is 34.4. The summed E-state index contributed by atoms with van der Waals surface area (Å²) in [5.41, 5.74) is -0.897. The minimum absolute atomic E-state index is 0.332. The van der Waals surface area contributed by atoms with Crippen molar-refractivity contribution in [2.75, 3.05) is 13.7 Å². The molecule has 9 nitrogen and oxygen atoms in total. The SMILES string of the molecule is C=C1C(COC(C)=O)=C(C(=O)O)N2C(=O)C(OC)C2S1(=O)=O. The van der Waals surface area contributed by atoms with Crippen molar-refractivity contribution in [3.63, 3.8) is 0 Å². The maximum atomic E-state index is 12.4. The molecule has 1 amide bonds. The third kappa shape index (κ3) is 2.11. The molecular weight excluding hydrogens is 318 g/mol. The number of hydrogen-bond donors (Lipinski definition) is 1. The van der Waals surface area contributed by atoms with Crippen molar-refractivity contribution < 1.29 is 37.4 Å². The molecule has 0 aromatic rings. The zero-order valence-electron chi connectivity index (χ0n) is 11.7. The summed E-state index contributed by atoms with van der Waals surface area (Å²) < 4.78 is 34.2. The van der Waals surface area contributed by atoms with E-state index in [1.54, 1.807) is 0 Å². The van der Waals surface area contributed by atoms with Crippen molar-refractivity contribution in [3.8, 4) is 0 Å². The Labute approximate surface area is 125 Å². The van der Waals surface area contributed by atoms with E-state index in [1.807, 2.05) is 0 Å². The predicted octanol–water partition coefficient (Wildman–Crippen LogP) is -0.986. The van der Waals surface area contributed by atoms with Crippen LogP contribution in [0.25, 0.3) is 0 Å². The van der Waals surface area contributed by atoms with Gasteiger partial charge < -0.3 is 14.6 Å². The van der Waals surface area contributed by atoms with Crippen LogP contribution in [0.3, 0.4) is 0 Å². The van der Waals surface area contributed by atoms with E-state index in [1.165, 1.54) is 0 Å². The van der Waals surface area contributed by atoms with E-state index < -0.39 is 56.4 Å². The van der Waals surface area contributed by atoms with Gasteiger partial charge >= 0.3 is 11.9 Å². The first kappa shape index (κ1) is 16.2. The molecule has 1 N–H and O–H groups in total. The number of esters is 1. The summed E-state index contributed by atoms with van der Waals surface area (Å²) in [5.74, 6) is -3.04. The highest BCUT2D eigenvalue weighted by atomic mass is 32.2. The van der Waals surface area contributed by atoms with Crippen molar-refractivity contribution in [2.24, 2.45) is 0 Å². The Kier molecular flexibility index (Phi) is 3.83. The molecule has 2 unspecified atom stereocenters. The maximum Gasteiger partial charge on any atom is 0.353 e. The van der Waals surface area contributed by atoms with Gasteiger partial charge in [-0.25, -0.2) is 13.2 Å². The Morgan fingerprint density at radius 3 is 2.45 bits per heavy atom. The highest BCUT2D eigenvalue weighted by Crippen LogP contribution is 2.42. The van der Waals surface area contributed by atoms with Gasteiger partial charge in [0.1, 0.15) is 12.3 Å². The smallest absolute Gasteiger partial charge is 0.353 e. The van der Waals surface area contributed by atoms with E-state index in [0.29, 0.717) is 4.90 Å². The number of aliphatic carboxylic acids is 1. The summed E-state index contributed by atoms with van der Waals surface area (Å²) in [6.07, 6.45) is -1.29. The van der Waals surface area contributed by atoms with Crippen LogP contribution in [0.4, 0.5) is 0 Å². The lowest BCUT2D eigenvalue weighted by atomic mass is 10.0. The number of fused-ring (bicyclic) bond motifs is 1. The number of carboxylic acid groups (broad SMARTS) is 1. The third-order valence-electron chi connectivity index (χ3n) is 3.40. The molecule has 120 valence electrons. The molecule has 0 saturated carbocycles. The molecule has 2 aliphatic heterocycles. The summed E-state index contributed by atoms with van der Waals surface area (Å²) in [6.45, 7) is 3.85. The van der Waals surface area contributed by atoms with Gasteiger partial charge in [-0.1, -0.05) is 6.58 Å². The van der Waals surface area contributed by atoms with E-state index in [0.717, 1.165) is 14.0 Å². The fourth-order valence-electron chi connectivity index (χ4n) is 2.34. The summed E-state index contributed by atoms with van der Waals surface area (Å²) in [6, 6.07) is 0. The number of rotatable bonds is 4. The first-order chi connectivity index (χ1) is 10.1. The Morgan fingerprint density at radius 2 is 2.00 bits per heavy atom. The number of ether oxygens (including phenoxy) is 2. The molecule has 1 saturated heterocycles. The molecule has 0 radical (unpaired) electrons. The van der Waals surface area contributed by atoms with E-state index in [4.69, 9.17) is 4.74 Å². The largest absolute Gasteiger partial charge is 0.477 e. The summed E-state index contributed by atoms with van der Waals surface area (Å²) in [5, 5.41) is 7.82. The molecule has 2 aliphatic rings. The number of hydrogen-bond acceptors (Lipinski definition) is 7. The van der Waals surface area contributed by atoms with Gasteiger partial charge in [-0.3, -0.25) is 14.5 Å². The lowest BCUT2D eigenvalue weighted by molar-refractivity contribution is -0.162. The fourth-order valence-corrected chi connectivity index (χ4v) is 4.17. The van der Waals surface area contributed by atoms with E-state index in [9.17, 15) is 27.9 Å². The average molecular weight is 331 g/mol. The second-order valence-corrected chi connectivity index (χ2v) is 6.70. The maximum absolute atomic E-state index is 12.4. The minimum atomic E-state index is -4.09. The van der Waals surface area contributed by atoms with Gasteiger partial charge in [-0.2, -0.15) is 0 Å². The predicted molar refractivity (Wildman–Crippen MR) is 70.8 cm³/mol. The molecule has 22 heavy (non-hydrogen) atoms. The Hall–Kier alpha value is -2.20. The van der Waals surface area contributed by atoms with Crippen molar-refractivity contribution in [3.05, 3.63) is 22.8 Å². The van der Waals surface area contributed by atoms with E-state index in [2.05, 4.69) is 11.3 Å². The number of methoxy groups -OCH3 is 1. The number of carbonyl (C=O) groups is 3. The Morgan fingerprint density at radius 1 is 1.41 bits per heavy atom. The Balaban J connectivity index is 2.59. The number of sulfone groups is 1. The molecule has 2 rings (SSSR count). The molecule has 1 fully saturated rings.